The number of ether oxygens (including phenoxy) is 1. The van der Waals surface area contributed by atoms with Gasteiger partial charge in [0.05, 0.1) is 12.4 Å². The number of halogens is 1. The Morgan fingerprint density at radius 1 is 1.53 bits per heavy atom. The van der Waals surface area contributed by atoms with E-state index in [1.807, 2.05) is 0 Å². The minimum absolute atomic E-state index is 0.00110. The number of sulfone groups is 1. The highest BCUT2D eigenvalue weighted by Gasteiger charge is 2.23. The van der Waals surface area contributed by atoms with Gasteiger partial charge < -0.3 is 4.74 Å². The maximum absolute atomic E-state index is 12.1. The minimum atomic E-state index is -3.45. The molecule has 6 heteroatoms. The molecule has 1 rings (SSSR count). The third kappa shape index (κ3) is 3.85. The van der Waals surface area contributed by atoms with Crippen LogP contribution in [-0.2, 0) is 9.84 Å². The van der Waals surface area contributed by atoms with E-state index in [1.165, 1.54) is 6.20 Å². The molecule has 0 amide bonds. The monoisotopic (exact) mass is 277 g/mol. The molecule has 1 unspecified atom stereocenters. The predicted molar refractivity (Wildman–Crippen MR) is 67.3 cm³/mol. The maximum atomic E-state index is 12.1. The Labute approximate surface area is 107 Å². The molecule has 1 aromatic rings. The molecule has 1 aromatic heterocycles. The molecule has 0 aliphatic rings. The number of hydrogen-bond acceptors (Lipinski definition) is 4. The van der Waals surface area contributed by atoms with Crippen LogP contribution in [0.15, 0.2) is 23.4 Å². The Bertz CT molecular complexity index is 462. The first-order valence-corrected chi connectivity index (χ1v) is 7.56. The van der Waals surface area contributed by atoms with E-state index in [4.69, 9.17) is 16.3 Å². The van der Waals surface area contributed by atoms with Crippen LogP contribution in [0.3, 0.4) is 0 Å². The van der Waals surface area contributed by atoms with Crippen LogP contribution in [0.4, 0.5) is 0 Å². The lowest BCUT2D eigenvalue weighted by Crippen LogP contribution is -2.17. The van der Waals surface area contributed by atoms with Gasteiger partial charge in [0.2, 0.25) is 0 Å². The molecular weight excluding hydrogens is 262 g/mol. The zero-order chi connectivity index (χ0) is 12.9. The topological polar surface area (TPSA) is 56.3 Å². The molecule has 17 heavy (non-hydrogen) atoms. The van der Waals surface area contributed by atoms with Gasteiger partial charge in [-0.1, -0.05) is 6.92 Å². The van der Waals surface area contributed by atoms with Crippen LogP contribution in [-0.4, -0.2) is 31.6 Å². The second-order valence-corrected chi connectivity index (χ2v) is 6.04. The smallest absolute Gasteiger partial charge is 0.199 e. The van der Waals surface area contributed by atoms with Crippen LogP contribution >= 0.6 is 11.6 Å². The Kier molecular flexibility index (Phi) is 5.21. The van der Waals surface area contributed by atoms with Gasteiger partial charge >= 0.3 is 0 Å². The van der Waals surface area contributed by atoms with E-state index in [-0.39, 0.29) is 16.7 Å². The van der Waals surface area contributed by atoms with Gasteiger partial charge in [-0.3, -0.25) is 0 Å². The van der Waals surface area contributed by atoms with Gasteiger partial charge in [0.25, 0.3) is 0 Å². The molecule has 1 heterocycles. The fourth-order valence-corrected chi connectivity index (χ4v) is 3.29. The van der Waals surface area contributed by atoms with Gasteiger partial charge in [0.1, 0.15) is 0 Å². The number of hydrogen-bond donors (Lipinski definition) is 0. The van der Waals surface area contributed by atoms with E-state index in [1.54, 1.807) is 26.0 Å². The Morgan fingerprint density at radius 2 is 2.24 bits per heavy atom. The molecule has 0 spiro atoms. The summed E-state index contributed by atoms with van der Waals surface area (Å²) in [7, 11) is -3.45. The van der Waals surface area contributed by atoms with Gasteiger partial charge in [-0.2, -0.15) is 0 Å². The fourth-order valence-electron chi connectivity index (χ4n) is 1.37. The molecule has 0 N–H and O–H groups in total. The fraction of sp³-hybridized carbons (Fsp3) is 0.545. The standard InChI is InChI=1S/C11H16ClNO3S/c1-3-16-10-5-4-6-13-11(10)17(14,15)8-9(2)7-12/h4-6,9H,3,7-8H2,1-2H3. The second-order valence-electron chi connectivity index (χ2n) is 3.78. The van der Waals surface area contributed by atoms with Crippen molar-refractivity contribution < 1.29 is 13.2 Å². The lowest BCUT2D eigenvalue weighted by atomic mass is 10.3. The van der Waals surface area contributed by atoms with Gasteiger partial charge in [0, 0.05) is 12.1 Å². The van der Waals surface area contributed by atoms with E-state index in [0.29, 0.717) is 18.2 Å². The summed E-state index contributed by atoms with van der Waals surface area (Å²) in [6, 6.07) is 3.25. The van der Waals surface area contributed by atoms with Crippen LogP contribution in [0.2, 0.25) is 0 Å². The molecule has 0 aromatic carbocycles. The summed E-state index contributed by atoms with van der Waals surface area (Å²) in [5.41, 5.74) is 0. The first-order chi connectivity index (χ1) is 8.01. The summed E-state index contributed by atoms with van der Waals surface area (Å²) in [5, 5.41) is -0.00110. The molecule has 0 saturated heterocycles. The SMILES string of the molecule is CCOc1cccnc1S(=O)(=O)CC(C)CCl. The van der Waals surface area contributed by atoms with Crippen molar-refractivity contribution in [2.75, 3.05) is 18.2 Å². The van der Waals surface area contributed by atoms with Crippen molar-refractivity contribution in [2.45, 2.75) is 18.9 Å². The molecule has 4 nitrogen and oxygen atoms in total. The van der Waals surface area contributed by atoms with Gasteiger partial charge in [0.15, 0.2) is 20.6 Å². The van der Waals surface area contributed by atoms with Crippen LogP contribution in [0.5, 0.6) is 5.75 Å². The highest BCUT2D eigenvalue weighted by molar-refractivity contribution is 7.91. The number of rotatable bonds is 6. The number of aromatic nitrogens is 1. The number of pyridine rings is 1. The summed E-state index contributed by atoms with van der Waals surface area (Å²) in [4.78, 5) is 3.90. The van der Waals surface area contributed by atoms with Crippen molar-refractivity contribution in [3.8, 4) is 5.75 Å². The van der Waals surface area contributed by atoms with E-state index < -0.39 is 9.84 Å². The van der Waals surface area contributed by atoms with Crippen molar-refractivity contribution in [3.05, 3.63) is 18.3 Å². The molecule has 1 atom stereocenters. The maximum Gasteiger partial charge on any atom is 0.199 e. The average Bonchev–Trinajstić information content (AvgIpc) is 2.29. The normalized spacial score (nSPS) is 13.4. The van der Waals surface area contributed by atoms with Gasteiger partial charge in [-0.05, 0) is 25.0 Å². The molecule has 96 valence electrons. The van der Waals surface area contributed by atoms with E-state index in [9.17, 15) is 8.42 Å². The van der Waals surface area contributed by atoms with Crippen molar-refractivity contribution in [2.24, 2.45) is 5.92 Å². The van der Waals surface area contributed by atoms with E-state index in [2.05, 4.69) is 4.98 Å². The number of alkyl halides is 1. The van der Waals surface area contributed by atoms with Gasteiger partial charge in [-0.15, -0.1) is 11.6 Å². The van der Waals surface area contributed by atoms with E-state index in [0.717, 1.165) is 0 Å². The molecular formula is C11H16ClNO3S. The van der Waals surface area contributed by atoms with Crippen molar-refractivity contribution in [1.82, 2.24) is 4.98 Å². The lowest BCUT2D eigenvalue weighted by molar-refractivity contribution is 0.328. The summed E-state index contributed by atoms with van der Waals surface area (Å²) < 4.78 is 29.5. The zero-order valence-electron chi connectivity index (χ0n) is 9.89. The molecule has 0 fully saturated rings. The number of nitrogens with zero attached hydrogens (tertiary/aromatic N) is 1. The molecule has 0 aliphatic carbocycles. The molecule has 0 aliphatic heterocycles. The summed E-state index contributed by atoms with van der Waals surface area (Å²) >= 11 is 5.63. The van der Waals surface area contributed by atoms with Crippen molar-refractivity contribution in [1.29, 1.82) is 0 Å². The first kappa shape index (κ1) is 14.3. The van der Waals surface area contributed by atoms with Crippen molar-refractivity contribution >= 4 is 21.4 Å². The van der Waals surface area contributed by atoms with Crippen molar-refractivity contribution in [3.63, 3.8) is 0 Å². The largest absolute Gasteiger partial charge is 0.491 e. The average molecular weight is 278 g/mol. The summed E-state index contributed by atoms with van der Waals surface area (Å²) in [6.45, 7) is 3.98. The second kappa shape index (κ2) is 6.21. The first-order valence-electron chi connectivity index (χ1n) is 5.37. The third-order valence-corrected chi connectivity index (χ3v) is 4.53. The molecule has 0 radical (unpaired) electrons. The van der Waals surface area contributed by atoms with Crippen LogP contribution in [0.1, 0.15) is 13.8 Å². The Morgan fingerprint density at radius 3 is 2.82 bits per heavy atom. The zero-order valence-corrected chi connectivity index (χ0v) is 11.5. The quantitative estimate of drug-likeness (QED) is 0.748. The Balaban J connectivity index is 3.06. The van der Waals surface area contributed by atoms with E-state index >= 15 is 0 Å². The predicted octanol–water partition coefficient (Wildman–Crippen LogP) is 2.13. The highest BCUT2D eigenvalue weighted by Crippen LogP contribution is 2.23. The van der Waals surface area contributed by atoms with Gasteiger partial charge in [-0.25, -0.2) is 13.4 Å². The van der Waals surface area contributed by atoms with Crippen LogP contribution in [0.25, 0.3) is 0 Å². The minimum Gasteiger partial charge on any atom is -0.491 e. The lowest BCUT2D eigenvalue weighted by Gasteiger charge is -2.11. The third-order valence-electron chi connectivity index (χ3n) is 2.10. The van der Waals surface area contributed by atoms with Crippen LogP contribution < -0.4 is 4.74 Å². The highest BCUT2D eigenvalue weighted by atomic mass is 35.5. The Hall–Kier alpha value is -0.810. The van der Waals surface area contributed by atoms with Crippen LogP contribution in [0, 0.1) is 5.92 Å². The molecule has 0 saturated carbocycles. The molecule has 0 bridgehead atoms. The summed E-state index contributed by atoms with van der Waals surface area (Å²) in [6.07, 6.45) is 1.45. The summed E-state index contributed by atoms with van der Waals surface area (Å²) in [5.74, 6) is 0.471.